The van der Waals surface area contributed by atoms with Crippen molar-refractivity contribution in [3.05, 3.63) is 69.7 Å². The first kappa shape index (κ1) is 15.1. The zero-order valence-electron chi connectivity index (χ0n) is 11.3. The molecule has 2 aromatic carbocycles. The first-order valence-corrected chi connectivity index (χ1v) is 7.32. The summed E-state index contributed by atoms with van der Waals surface area (Å²) in [4.78, 5) is 12.1. The van der Waals surface area contributed by atoms with Gasteiger partial charge in [-0.15, -0.1) is 0 Å². The van der Waals surface area contributed by atoms with Crippen LogP contribution in [0.3, 0.4) is 0 Å². The third kappa shape index (κ3) is 4.36. The lowest BCUT2D eigenvalue weighted by atomic mass is 9.93. The van der Waals surface area contributed by atoms with E-state index in [2.05, 4.69) is 6.92 Å². The molecule has 0 aliphatic rings. The van der Waals surface area contributed by atoms with Gasteiger partial charge in [-0.05, 0) is 41.3 Å². The fourth-order valence-corrected chi connectivity index (χ4v) is 2.54. The quantitative estimate of drug-likeness (QED) is 0.732. The van der Waals surface area contributed by atoms with Gasteiger partial charge in [-0.3, -0.25) is 4.79 Å². The van der Waals surface area contributed by atoms with E-state index >= 15 is 0 Å². The first-order chi connectivity index (χ1) is 9.54. The SMILES string of the molecule is CC(CC(=O)Cc1cccc(Cl)c1)c1ccc(Cl)cc1. The Morgan fingerprint density at radius 2 is 1.75 bits per heavy atom. The van der Waals surface area contributed by atoms with Gasteiger partial charge in [0.25, 0.3) is 0 Å². The van der Waals surface area contributed by atoms with Crippen LogP contribution >= 0.6 is 23.2 Å². The van der Waals surface area contributed by atoms with Gasteiger partial charge in [0.2, 0.25) is 0 Å². The van der Waals surface area contributed by atoms with Crippen LogP contribution in [0.15, 0.2) is 48.5 Å². The molecular formula is C17H16Cl2O. The van der Waals surface area contributed by atoms with Crippen LogP contribution in [-0.2, 0) is 11.2 Å². The summed E-state index contributed by atoms with van der Waals surface area (Å²) in [6.07, 6.45) is 0.951. The number of carbonyl (C=O) groups is 1. The van der Waals surface area contributed by atoms with Crippen molar-refractivity contribution in [1.29, 1.82) is 0 Å². The highest BCUT2D eigenvalue weighted by atomic mass is 35.5. The van der Waals surface area contributed by atoms with Crippen LogP contribution in [0.25, 0.3) is 0 Å². The maximum atomic E-state index is 12.1. The van der Waals surface area contributed by atoms with E-state index in [4.69, 9.17) is 23.2 Å². The fourth-order valence-electron chi connectivity index (χ4n) is 2.20. The molecule has 3 heteroatoms. The third-order valence-electron chi connectivity index (χ3n) is 3.26. The maximum absolute atomic E-state index is 12.1. The standard InChI is InChI=1S/C17H16Cl2O/c1-12(14-5-7-15(18)8-6-14)9-17(20)11-13-3-2-4-16(19)10-13/h2-8,10,12H,9,11H2,1H3. The normalized spacial score (nSPS) is 12.2. The van der Waals surface area contributed by atoms with Crippen LogP contribution in [0.4, 0.5) is 0 Å². The molecule has 0 aliphatic carbocycles. The molecule has 0 amide bonds. The van der Waals surface area contributed by atoms with Gasteiger partial charge >= 0.3 is 0 Å². The summed E-state index contributed by atoms with van der Waals surface area (Å²) in [5.74, 6) is 0.411. The molecule has 20 heavy (non-hydrogen) atoms. The molecule has 0 radical (unpaired) electrons. The summed E-state index contributed by atoms with van der Waals surface area (Å²) in [5, 5.41) is 1.38. The highest BCUT2D eigenvalue weighted by Crippen LogP contribution is 2.22. The number of carbonyl (C=O) groups excluding carboxylic acids is 1. The monoisotopic (exact) mass is 306 g/mol. The molecule has 0 N–H and O–H groups in total. The minimum absolute atomic E-state index is 0.193. The molecule has 2 rings (SSSR count). The molecule has 0 heterocycles. The number of ketones is 1. The van der Waals surface area contributed by atoms with Gasteiger partial charge in [-0.1, -0.05) is 54.4 Å². The smallest absolute Gasteiger partial charge is 0.137 e. The van der Waals surface area contributed by atoms with Gasteiger partial charge in [-0.2, -0.15) is 0 Å². The zero-order chi connectivity index (χ0) is 14.5. The van der Waals surface area contributed by atoms with Gasteiger partial charge in [0.15, 0.2) is 0 Å². The van der Waals surface area contributed by atoms with Gasteiger partial charge in [-0.25, -0.2) is 0 Å². The van der Waals surface area contributed by atoms with Crippen molar-refractivity contribution >= 4 is 29.0 Å². The summed E-state index contributed by atoms with van der Waals surface area (Å²) in [6.45, 7) is 2.05. The van der Waals surface area contributed by atoms with E-state index in [0.717, 1.165) is 11.1 Å². The molecule has 0 bridgehead atoms. The minimum Gasteiger partial charge on any atom is -0.299 e. The van der Waals surface area contributed by atoms with Crippen LogP contribution in [0.2, 0.25) is 10.0 Å². The van der Waals surface area contributed by atoms with Crippen LogP contribution in [0, 0.1) is 0 Å². The Hall–Kier alpha value is -1.31. The summed E-state index contributed by atoms with van der Waals surface area (Å²) >= 11 is 11.8. The topological polar surface area (TPSA) is 17.1 Å². The number of hydrogen-bond donors (Lipinski definition) is 0. The maximum Gasteiger partial charge on any atom is 0.137 e. The highest BCUT2D eigenvalue weighted by Gasteiger charge is 2.12. The predicted octanol–water partition coefficient (Wildman–Crippen LogP) is 5.30. The lowest BCUT2D eigenvalue weighted by Gasteiger charge is -2.11. The summed E-state index contributed by atoms with van der Waals surface area (Å²) in [5.41, 5.74) is 2.10. The second-order valence-electron chi connectivity index (χ2n) is 5.00. The van der Waals surface area contributed by atoms with Crippen molar-refractivity contribution in [1.82, 2.24) is 0 Å². The zero-order valence-corrected chi connectivity index (χ0v) is 12.8. The van der Waals surface area contributed by atoms with Crippen molar-refractivity contribution in [3.63, 3.8) is 0 Å². The summed E-state index contributed by atoms with van der Waals surface area (Å²) < 4.78 is 0. The number of Topliss-reactive ketones (excluding diaryl/α,β-unsaturated/α-hetero) is 1. The molecule has 1 unspecified atom stereocenters. The van der Waals surface area contributed by atoms with Crippen molar-refractivity contribution < 1.29 is 4.79 Å². The second-order valence-corrected chi connectivity index (χ2v) is 5.87. The van der Waals surface area contributed by atoms with E-state index in [0.29, 0.717) is 22.9 Å². The van der Waals surface area contributed by atoms with Crippen molar-refractivity contribution in [3.8, 4) is 0 Å². The van der Waals surface area contributed by atoms with E-state index in [9.17, 15) is 4.79 Å². The molecule has 0 fully saturated rings. The molecular weight excluding hydrogens is 291 g/mol. The van der Waals surface area contributed by atoms with Gasteiger partial charge in [0.05, 0.1) is 0 Å². The highest BCUT2D eigenvalue weighted by molar-refractivity contribution is 6.30. The second kappa shape index (κ2) is 6.92. The van der Waals surface area contributed by atoms with Crippen LogP contribution in [-0.4, -0.2) is 5.78 Å². The first-order valence-electron chi connectivity index (χ1n) is 6.56. The molecule has 2 aromatic rings. The lowest BCUT2D eigenvalue weighted by Crippen LogP contribution is -2.07. The number of hydrogen-bond acceptors (Lipinski definition) is 1. The molecule has 104 valence electrons. The Labute approximate surface area is 129 Å². The molecule has 1 nitrogen and oxygen atoms in total. The molecule has 1 atom stereocenters. The van der Waals surface area contributed by atoms with Crippen molar-refractivity contribution in [2.45, 2.75) is 25.7 Å². The molecule has 0 spiro atoms. The fraction of sp³-hybridized carbons (Fsp3) is 0.235. The van der Waals surface area contributed by atoms with Crippen molar-refractivity contribution in [2.75, 3.05) is 0 Å². The van der Waals surface area contributed by atoms with E-state index in [-0.39, 0.29) is 11.7 Å². The molecule has 0 aliphatic heterocycles. The van der Waals surface area contributed by atoms with Gasteiger partial charge < -0.3 is 0 Å². The number of halogens is 2. The Morgan fingerprint density at radius 3 is 2.40 bits per heavy atom. The van der Waals surface area contributed by atoms with E-state index < -0.39 is 0 Å². The number of benzene rings is 2. The Kier molecular flexibility index (Phi) is 5.22. The number of rotatable bonds is 5. The van der Waals surface area contributed by atoms with Gasteiger partial charge in [0, 0.05) is 22.9 Å². The largest absolute Gasteiger partial charge is 0.299 e. The van der Waals surface area contributed by atoms with E-state index in [1.54, 1.807) is 0 Å². The average molecular weight is 307 g/mol. The third-order valence-corrected chi connectivity index (χ3v) is 3.75. The van der Waals surface area contributed by atoms with Crippen LogP contribution in [0.5, 0.6) is 0 Å². The van der Waals surface area contributed by atoms with E-state index in [1.165, 1.54) is 0 Å². The Bertz CT molecular complexity index is 590. The van der Waals surface area contributed by atoms with Crippen LogP contribution in [0.1, 0.15) is 30.4 Å². The summed E-state index contributed by atoms with van der Waals surface area (Å²) in [6, 6.07) is 15.1. The Balaban J connectivity index is 1.95. The summed E-state index contributed by atoms with van der Waals surface area (Å²) in [7, 11) is 0. The lowest BCUT2D eigenvalue weighted by molar-refractivity contribution is -0.118. The molecule has 0 aromatic heterocycles. The molecule has 0 saturated heterocycles. The average Bonchev–Trinajstić information content (AvgIpc) is 2.39. The molecule has 0 saturated carbocycles. The minimum atomic E-state index is 0.193. The predicted molar refractivity (Wildman–Crippen MR) is 84.6 cm³/mol. The Morgan fingerprint density at radius 1 is 1.05 bits per heavy atom. The van der Waals surface area contributed by atoms with Crippen LogP contribution < -0.4 is 0 Å². The van der Waals surface area contributed by atoms with Gasteiger partial charge in [0.1, 0.15) is 5.78 Å². The van der Waals surface area contributed by atoms with E-state index in [1.807, 2.05) is 48.5 Å². The van der Waals surface area contributed by atoms with Crippen molar-refractivity contribution in [2.24, 2.45) is 0 Å².